The summed E-state index contributed by atoms with van der Waals surface area (Å²) in [5.74, 6) is 0.684. The van der Waals surface area contributed by atoms with Crippen LogP contribution in [0.2, 0.25) is 0 Å². The predicted octanol–water partition coefficient (Wildman–Crippen LogP) is 1.76. The first-order valence-corrected chi connectivity index (χ1v) is 6.90. The van der Waals surface area contributed by atoms with E-state index in [4.69, 9.17) is 0 Å². The van der Waals surface area contributed by atoms with E-state index >= 15 is 0 Å². The number of fused-ring (bicyclic) bond motifs is 1. The van der Waals surface area contributed by atoms with E-state index < -0.39 is 10.8 Å². The lowest BCUT2D eigenvalue weighted by molar-refractivity contribution is 0.687. The highest BCUT2D eigenvalue weighted by Gasteiger charge is 2.07. The average Bonchev–Trinajstić information content (AvgIpc) is 2.82. The molecule has 90 valence electrons. The van der Waals surface area contributed by atoms with Gasteiger partial charge in [0, 0.05) is 39.9 Å². The molecule has 18 heavy (non-hydrogen) atoms. The molecule has 2 heterocycles. The van der Waals surface area contributed by atoms with Crippen molar-refractivity contribution < 1.29 is 4.21 Å². The number of imidazole rings is 1. The molecule has 0 aliphatic carbocycles. The van der Waals surface area contributed by atoms with Crippen LogP contribution >= 0.6 is 0 Å². The van der Waals surface area contributed by atoms with E-state index in [0.717, 1.165) is 10.5 Å². The summed E-state index contributed by atoms with van der Waals surface area (Å²) in [4.78, 5) is 16.5. The first-order valence-electron chi connectivity index (χ1n) is 5.34. The molecule has 0 aliphatic heterocycles. The van der Waals surface area contributed by atoms with Crippen LogP contribution in [0.4, 0.5) is 0 Å². The summed E-state index contributed by atoms with van der Waals surface area (Å²) in [7, 11) is -1.00. The highest BCUT2D eigenvalue weighted by Crippen LogP contribution is 2.20. The van der Waals surface area contributed by atoms with Crippen LogP contribution in [0, 0.1) is 0 Å². The van der Waals surface area contributed by atoms with Gasteiger partial charge in [-0.1, -0.05) is 12.1 Å². The molecule has 6 heteroatoms. The molecule has 1 atom stereocenters. The van der Waals surface area contributed by atoms with Crippen LogP contribution in [-0.4, -0.2) is 30.4 Å². The molecule has 0 amide bonds. The lowest BCUT2D eigenvalue weighted by atomic mass is 10.2. The molecule has 1 aromatic carbocycles. The summed E-state index contributed by atoms with van der Waals surface area (Å²) in [6.45, 7) is 0. The van der Waals surface area contributed by atoms with Crippen molar-refractivity contribution in [3.05, 3.63) is 36.7 Å². The summed E-state index contributed by atoms with van der Waals surface area (Å²) in [6, 6.07) is 7.46. The highest BCUT2D eigenvalue weighted by atomic mass is 32.2. The molecule has 2 aromatic heterocycles. The third-order valence-electron chi connectivity index (χ3n) is 2.57. The van der Waals surface area contributed by atoms with Crippen LogP contribution in [0.1, 0.15) is 0 Å². The first kappa shape index (κ1) is 11.0. The van der Waals surface area contributed by atoms with E-state index in [2.05, 4.69) is 19.9 Å². The third kappa shape index (κ3) is 1.91. The van der Waals surface area contributed by atoms with Crippen molar-refractivity contribution in [2.75, 3.05) is 6.26 Å². The molecule has 5 nitrogen and oxygen atoms in total. The molecule has 0 saturated heterocycles. The van der Waals surface area contributed by atoms with Crippen molar-refractivity contribution in [1.82, 2.24) is 19.9 Å². The normalized spacial score (nSPS) is 12.7. The number of aromatic amines is 1. The number of hydrogen-bond donors (Lipinski definition) is 1. The van der Waals surface area contributed by atoms with E-state index in [1.54, 1.807) is 18.6 Å². The molecule has 0 radical (unpaired) electrons. The summed E-state index contributed by atoms with van der Waals surface area (Å²) in [5.41, 5.74) is 2.11. The Morgan fingerprint density at radius 2 is 2.06 bits per heavy atom. The number of nitrogens with one attached hydrogen (secondary N) is 1. The van der Waals surface area contributed by atoms with E-state index in [9.17, 15) is 4.21 Å². The molecule has 0 bridgehead atoms. The molecule has 0 spiro atoms. The number of rotatable bonds is 2. The van der Waals surface area contributed by atoms with Crippen molar-refractivity contribution in [1.29, 1.82) is 0 Å². The Morgan fingerprint density at radius 1 is 1.22 bits per heavy atom. The van der Waals surface area contributed by atoms with Gasteiger partial charge in [-0.2, -0.15) is 0 Å². The van der Waals surface area contributed by atoms with Crippen molar-refractivity contribution in [3.8, 4) is 11.4 Å². The van der Waals surface area contributed by atoms with Crippen LogP contribution in [0.15, 0.2) is 41.6 Å². The maximum absolute atomic E-state index is 11.5. The third-order valence-corrected chi connectivity index (χ3v) is 3.49. The molecule has 0 aliphatic rings. The highest BCUT2D eigenvalue weighted by molar-refractivity contribution is 7.84. The van der Waals surface area contributed by atoms with Gasteiger partial charge in [-0.05, 0) is 12.1 Å². The van der Waals surface area contributed by atoms with Crippen LogP contribution < -0.4 is 0 Å². The standard InChI is InChI=1S/C12H10N4OS/c1-18(17)9-4-2-3-8(7-9)10-15-11-12(16-10)14-6-5-13-11/h2-7H,1H3,(H,13,14,15,16). The second kappa shape index (κ2) is 4.30. The Balaban J connectivity index is 2.13. The van der Waals surface area contributed by atoms with Gasteiger partial charge in [-0.3, -0.25) is 4.21 Å². The van der Waals surface area contributed by atoms with Crippen molar-refractivity contribution in [2.45, 2.75) is 4.90 Å². The zero-order chi connectivity index (χ0) is 12.5. The Kier molecular flexibility index (Phi) is 2.64. The Labute approximate surface area is 106 Å². The Hall–Kier alpha value is -2.08. The smallest absolute Gasteiger partial charge is 0.197 e. The van der Waals surface area contributed by atoms with E-state index in [0.29, 0.717) is 17.1 Å². The Bertz CT molecular complexity index is 705. The zero-order valence-corrected chi connectivity index (χ0v) is 10.4. The van der Waals surface area contributed by atoms with Crippen molar-refractivity contribution >= 4 is 22.1 Å². The summed E-state index contributed by atoms with van der Waals surface area (Å²) >= 11 is 0. The van der Waals surface area contributed by atoms with Gasteiger partial charge in [0.25, 0.3) is 0 Å². The zero-order valence-electron chi connectivity index (χ0n) is 9.62. The minimum absolute atomic E-state index is 0.579. The monoisotopic (exact) mass is 258 g/mol. The van der Waals surface area contributed by atoms with Gasteiger partial charge in [-0.25, -0.2) is 15.0 Å². The lowest BCUT2D eigenvalue weighted by Crippen LogP contribution is -1.88. The minimum Gasteiger partial charge on any atom is -0.321 e. The van der Waals surface area contributed by atoms with Gasteiger partial charge >= 0.3 is 0 Å². The largest absolute Gasteiger partial charge is 0.321 e. The molecular formula is C12H10N4OS. The van der Waals surface area contributed by atoms with Gasteiger partial charge in [0.15, 0.2) is 11.3 Å². The van der Waals surface area contributed by atoms with Crippen LogP contribution in [0.5, 0.6) is 0 Å². The van der Waals surface area contributed by atoms with Crippen LogP contribution in [-0.2, 0) is 10.8 Å². The summed E-state index contributed by atoms with van der Waals surface area (Å²) in [5, 5.41) is 0. The fourth-order valence-electron chi connectivity index (χ4n) is 1.71. The Morgan fingerprint density at radius 3 is 2.83 bits per heavy atom. The second-order valence-electron chi connectivity index (χ2n) is 3.80. The fourth-order valence-corrected chi connectivity index (χ4v) is 2.27. The van der Waals surface area contributed by atoms with Crippen molar-refractivity contribution in [2.24, 2.45) is 0 Å². The van der Waals surface area contributed by atoms with Crippen LogP contribution in [0.3, 0.4) is 0 Å². The van der Waals surface area contributed by atoms with Gasteiger partial charge in [0.2, 0.25) is 0 Å². The second-order valence-corrected chi connectivity index (χ2v) is 5.18. The van der Waals surface area contributed by atoms with Gasteiger partial charge in [0.1, 0.15) is 5.82 Å². The quantitative estimate of drug-likeness (QED) is 0.760. The van der Waals surface area contributed by atoms with E-state index in [1.807, 2.05) is 24.3 Å². The molecule has 3 aromatic rings. The van der Waals surface area contributed by atoms with E-state index in [1.165, 1.54) is 0 Å². The molecule has 0 fully saturated rings. The first-order chi connectivity index (χ1) is 8.74. The summed E-state index contributed by atoms with van der Waals surface area (Å²) < 4.78 is 11.5. The lowest BCUT2D eigenvalue weighted by Gasteiger charge is -1.99. The molecule has 0 saturated carbocycles. The van der Waals surface area contributed by atoms with Gasteiger partial charge < -0.3 is 4.98 Å². The number of benzene rings is 1. The number of hydrogen-bond acceptors (Lipinski definition) is 4. The molecule has 3 rings (SSSR count). The number of nitrogens with zero attached hydrogens (tertiary/aromatic N) is 3. The predicted molar refractivity (Wildman–Crippen MR) is 69.5 cm³/mol. The van der Waals surface area contributed by atoms with Crippen LogP contribution in [0.25, 0.3) is 22.7 Å². The topological polar surface area (TPSA) is 71.5 Å². The fraction of sp³-hybridized carbons (Fsp3) is 0.0833. The maximum atomic E-state index is 11.5. The van der Waals surface area contributed by atoms with E-state index in [-0.39, 0.29) is 0 Å². The summed E-state index contributed by atoms with van der Waals surface area (Å²) in [6.07, 6.45) is 4.87. The SMILES string of the molecule is CS(=O)c1cccc(-c2nc3nccnc3[nH]2)c1. The average molecular weight is 258 g/mol. The number of H-pyrrole nitrogens is 1. The molecular weight excluding hydrogens is 248 g/mol. The van der Waals surface area contributed by atoms with Gasteiger partial charge in [-0.15, -0.1) is 0 Å². The van der Waals surface area contributed by atoms with Crippen molar-refractivity contribution in [3.63, 3.8) is 0 Å². The molecule has 1 N–H and O–H groups in total. The van der Waals surface area contributed by atoms with Gasteiger partial charge in [0.05, 0.1) is 0 Å². The minimum atomic E-state index is -1.00. The molecule has 1 unspecified atom stereocenters. The number of aromatic nitrogens is 4. The maximum Gasteiger partial charge on any atom is 0.197 e.